The highest BCUT2D eigenvalue weighted by Crippen LogP contribution is 2.28. The molecule has 0 saturated heterocycles. The highest BCUT2D eigenvalue weighted by Gasteiger charge is 2.24. The quantitative estimate of drug-likeness (QED) is 0.501. The largest absolute Gasteiger partial charge is 0.349 e. The summed E-state index contributed by atoms with van der Waals surface area (Å²) in [6.07, 6.45) is 1.42. The molecule has 7 nitrogen and oxygen atoms in total. The van der Waals surface area contributed by atoms with Gasteiger partial charge in [-0.2, -0.15) is 5.10 Å². The molecule has 158 valence electrons. The maximum absolute atomic E-state index is 14.9. The Morgan fingerprint density at radius 1 is 0.969 bits per heavy atom. The second kappa shape index (κ2) is 7.77. The molecule has 0 radical (unpaired) electrons. The minimum Gasteiger partial charge on any atom is -0.349 e. The van der Waals surface area contributed by atoms with Gasteiger partial charge < -0.3 is 5.32 Å². The van der Waals surface area contributed by atoms with Crippen molar-refractivity contribution in [1.29, 1.82) is 0 Å². The number of halogens is 2. The molecule has 0 atom stereocenters. The fourth-order valence-electron chi connectivity index (χ4n) is 3.61. The first-order valence-corrected chi connectivity index (χ1v) is 9.80. The van der Waals surface area contributed by atoms with Crippen LogP contribution in [-0.2, 0) is 6.54 Å². The van der Waals surface area contributed by atoms with Gasteiger partial charge in [-0.3, -0.25) is 14.3 Å². The number of benzene rings is 2. The molecular weight excluding hydrogens is 416 g/mol. The van der Waals surface area contributed by atoms with Gasteiger partial charge in [0.1, 0.15) is 23.0 Å². The molecule has 0 spiro atoms. The molecule has 0 aliphatic carbocycles. The standard InChI is InChI=1S/C23H15F2N5O2/c24-15-6-2-1-4-13(15)21(31)14-5-3-7-16(25)20(14)22-26-9-8-17(28-22)18-12-19-23(32)27-10-11-30(19)29-18/h1-9,12H,10-11H2,(H,27,32). The summed E-state index contributed by atoms with van der Waals surface area (Å²) in [5.41, 5.74) is 0.798. The summed E-state index contributed by atoms with van der Waals surface area (Å²) >= 11 is 0. The molecule has 3 heterocycles. The van der Waals surface area contributed by atoms with E-state index >= 15 is 0 Å². The molecule has 1 amide bonds. The molecule has 0 unspecified atom stereocenters. The Morgan fingerprint density at radius 3 is 2.56 bits per heavy atom. The van der Waals surface area contributed by atoms with Crippen molar-refractivity contribution in [3.63, 3.8) is 0 Å². The number of aromatic nitrogens is 4. The average molecular weight is 431 g/mol. The molecular formula is C23H15F2N5O2. The zero-order valence-electron chi connectivity index (χ0n) is 16.5. The molecule has 0 saturated carbocycles. The molecule has 1 aliphatic rings. The van der Waals surface area contributed by atoms with Gasteiger partial charge in [0.05, 0.1) is 23.4 Å². The monoisotopic (exact) mass is 431 g/mol. The number of ketones is 1. The van der Waals surface area contributed by atoms with Crippen LogP contribution in [0.2, 0.25) is 0 Å². The van der Waals surface area contributed by atoms with Crippen molar-refractivity contribution in [2.45, 2.75) is 6.54 Å². The van der Waals surface area contributed by atoms with Gasteiger partial charge in [-0.1, -0.05) is 24.3 Å². The normalized spacial score (nSPS) is 12.9. The Morgan fingerprint density at radius 2 is 1.75 bits per heavy atom. The number of rotatable bonds is 4. The predicted octanol–water partition coefficient (Wildman–Crippen LogP) is 3.26. The first kappa shape index (κ1) is 19.7. The van der Waals surface area contributed by atoms with E-state index in [-0.39, 0.29) is 28.4 Å². The molecule has 2 aromatic carbocycles. The lowest BCUT2D eigenvalue weighted by Gasteiger charge is -2.13. The first-order valence-electron chi connectivity index (χ1n) is 9.80. The van der Waals surface area contributed by atoms with Crippen molar-refractivity contribution in [1.82, 2.24) is 25.1 Å². The first-order chi connectivity index (χ1) is 15.5. The van der Waals surface area contributed by atoms with E-state index in [1.165, 1.54) is 48.7 Å². The highest BCUT2D eigenvalue weighted by atomic mass is 19.1. The van der Waals surface area contributed by atoms with Crippen LogP contribution in [0.4, 0.5) is 8.78 Å². The number of amides is 1. The van der Waals surface area contributed by atoms with E-state index in [2.05, 4.69) is 20.4 Å². The second-order valence-electron chi connectivity index (χ2n) is 7.13. The number of carbonyl (C=O) groups excluding carboxylic acids is 2. The average Bonchev–Trinajstić information content (AvgIpc) is 3.25. The summed E-state index contributed by atoms with van der Waals surface area (Å²) in [6, 6.07) is 12.6. The highest BCUT2D eigenvalue weighted by molar-refractivity contribution is 6.12. The van der Waals surface area contributed by atoms with Crippen LogP contribution in [0.1, 0.15) is 26.4 Å². The third-order valence-corrected chi connectivity index (χ3v) is 5.14. The van der Waals surface area contributed by atoms with Crippen molar-refractivity contribution in [3.8, 4) is 22.8 Å². The van der Waals surface area contributed by atoms with Crippen molar-refractivity contribution in [3.05, 3.63) is 89.2 Å². The zero-order valence-corrected chi connectivity index (χ0v) is 16.5. The smallest absolute Gasteiger partial charge is 0.269 e. The Labute approximate surface area is 180 Å². The third kappa shape index (κ3) is 3.33. The molecule has 0 fully saturated rings. The van der Waals surface area contributed by atoms with Gasteiger partial charge in [-0.05, 0) is 30.3 Å². The van der Waals surface area contributed by atoms with E-state index in [0.29, 0.717) is 30.2 Å². The van der Waals surface area contributed by atoms with Gasteiger partial charge in [0.25, 0.3) is 5.91 Å². The molecule has 32 heavy (non-hydrogen) atoms. The van der Waals surface area contributed by atoms with Crippen molar-refractivity contribution < 1.29 is 18.4 Å². The molecule has 5 rings (SSSR count). The topological polar surface area (TPSA) is 89.8 Å². The fourth-order valence-corrected chi connectivity index (χ4v) is 3.61. The maximum atomic E-state index is 14.9. The van der Waals surface area contributed by atoms with Crippen LogP contribution in [0.3, 0.4) is 0 Å². The number of hydrogen-bond donors (Lipinski definition) is 1. The third-order valence-electron chi connectivity index (χ3n) is 5.14. The van der Waals surface area contributed by atoms with Crippen LogP contribution < -0.4 is 5.32 Å². The number of nitrogens with one attached hydrogen (secondary N) is 1. The summed E-state index contributed by atoms with van der Waals surface area (Å²) < 4.78 is 30.7. The number of nitrogens with zero attached hydrogens (tertiary/aromatic N) is 4. The van der Waals surface area contributed by atoms with Gasteiger partial charge in [-0.15, -0.1) is 0 Å². The SMILES string of the molecule is O=C(c1ccccc1F)c1cccc(F)c1-c1nccc(-c2cc3n(n2)CCNC3=O)n1. The Bertz CT molecular complexity index is 1380. The van der Waals surface area contributed by atoms with Gasteiger partial charge in [0, 0.05) is 18.3 Å². The van der Waals surface area contributed by atoms with E-state index in [9.17, 15) is 18.4 Å². The van der Waals surface area contributed by atoms with Crippen molar-refractivity contribution in [2.75, 3.05) is 6.54 Å². The van der Waals surface area contributed by atoms with Crippen LogP contribution in [0.5, 0.6) is 0 Å². The lowest BCUT2D eigenvalue weighted by Crippen LogP contribution is -2.35. The summed E-state index contributed by atoms with van der Waals surface area (Å²) in [5, 5.41) is 7.14. The van der Waals surface area contributed by atoms with E-state index in [4.69, 9.17) is 0 Å². The second-order valence-corrected chi connectivity index (χ2v) is 7.13. The lowest BCUT2D eigenvalue weighted by atomic mass is 9.97. The molecule has 4 aromatic rings. The number of carbonyl (C=O) groups is 2. The van der Waals surface area contributed by atoms with Crippen LogP contribution >= 0.6 is 0 Å². The Balaban J connectivity index is 1.61. The minimum atomic E-state index is -0.715. The zero-order chi connectivity index (χ0) is 22.2. The molecule has 9 heteroatoms. The van der Waals surface area contributed by atoms with Crippen LogP contribution in [0.25, 0.3) is 22.8 Å². The summed E-state index contributed by atoms with van der Waals surface area (Å²) in [6.45, 7) is 0.992. The van der Waals surface area contributed by atoms with Gasteiger partial charge in [0.15, 0.2) is 11.6 Å². The lowest BCUT2D eigenvalue weighted by molar-refractivity contribution is 0.0924. The van der Waals surface area contributed by atoms with E-state index in [1.54, 1.807) is 16.8 Å². The van der Waals surface area contributed by atoms with E-state index < -0.39 is 17.4 Å². The number of fused-ring (bicyclic) bond motifs is 1. The van der Waals surface area contributed by atoms with Crippen LogP contribution in [-0.4, -0.2) is 38.0 Å². The number of hydrogen-bond acceptors (Lipinski definition) is 5. The van der Waals surface area contributed by atoms with Crippen molar-refractivity contribution in [2.24, 2.45) is 0 Å². The van der Waals surface area contributed by atoms with E-state index in [1.807, 2.05) is 0 Å². The predicted molar refractivity (Wildman–Crippen MR) is 111 cm³/mol. The van der Waals surface area contributed by atoms with Crippen molar-refractivity contribution >= 4 is 11.7 Å². The minimum absolute atomic E-state index is 0.0456. The fraction of sp³-hybridized carbons (Fsp3) is 0.0870. The molecule has 1 aliphatic heterocycles. The van der Waals surface area contributed by atoms with E-state index in [0.717, 1.165) is 0 Å². The molecule has 0 bridgehead atoms. The van der Waals surface area contributed by atoms with Gasteiger partial charge in [-0.25, -0.2) is 18.7 Å². The maximum Gasteiger partial charge on any atom is 0.269 e. The van der Waals surface area contributed by atoms with Crippen LogP contribution in [0, 0.1) is 11.6 Å². The summed E-state index contributed by atoms with van der Waals surface area (Å²) in [7, 11) is 0. The Hall–Kier alpha value is -4.27. The van der Waals surface area contributed by atoms with Gasteiger partial charge in [0.2, 0.25) is 0 Å². The summed E-state index contributed by atoms with van der Waals surface area (Å²) in [5.74, 6) is -2.38. The molecule has 2 aromatic heterocycles. The van der Waals surface area contributed by atoms with Gasteiger partial charge >= 0.3 is 0 Å². The van der Waals surface area contributed by atoms with Crippen LogP contribution in [0.15, 0.2) is 60.8 Å². The molecule has 1 N–H and O–H groups in total. The Kier molecular flexibility index (Phi) is 4.78. The summed E-state index contributed by atoms with van der Waals surface area (Å²) in [4.78, 5) is 33.6.